The number of likely N-dealkylation sites (N-methyl/N-ethyl adjacent to an activating group) is 2. The molecule has 2 aliphatic rings. The van der Waals surface area contributed by atoms with Gasteiger partial charge in [-0.3, -0.25) is 9.80 Å². The lowest BCUT2D eigenvalue weighted by molar-refractivity contribution is -0.0147. The van der Waals surface area contributed by atoms with Gasteiger partial charge in [-0.2, -0.15) is 0 Å². The summed E-state index contributed by atoms with van der Waals surface area (Å²) in [5.74, 6) is 0. The molecule has 5 heteroatoms. The van der Waals surface area contributed by atoms with Crippen molar-refractivity contribution in [2.75, 3.05) is 19.9 Å². The van der Waals surface area contributed by atoms with E-state index in [2.05, 4.69) is 0 Å². The standard InChI is InChI=1S/C8H14N2O3/c1-3-9-6-7(13-5-12-6)10(4-2)8(9)11/h6-7H,3-5H2,1-2H3. The number of rotatable bonds is 2. The Bertz CT molecular complexity index is 201. The van der Waals surface area contributed by atoms with Gasteiger partial charge in [0, 0.05) is 13.1 Å². The molecule has 2 heterocycles. The zero-order valence-corrected chi connectivity index (χ0v) is 7.90. The van der Waals surface area contributed by atoms with E-state index in [9.17, 15) is 4.79 Å². The highest BCUT2D eigenvalue weighted by Gasteiger charge is 2.49. The van der Waals surface area contributed by atoms with Crippen LogP contribution in [0.15, 0.2) is 0 Å². The van der Waals surface area contributed by atoms with Gasteiger partial charge in [-0.15, -0.1) is 0 Å². The van der Waals surface area contributed by atoms with E-state index in [1.165, 1.54) is 0 Å². The Hall–Kier alpha value is -0.810. The fourth-order valence-electron chi connectivity index (χ4n) is 1.84. The minimum Gasteiger partial charge on any atom is -0.327 e. The quantitative estimate of drug-likeness (QED) is 0.627. The van der Waals surface area contributed by atoms with Gasteiger partial charge in [0.15, 0.2) is 19.2 Å². The van der Waals surface area contributed by atoms with Crippen LogP contribution in [0, 0.1) is 0 Å². The highest BCUT2D eigenvalue weighted by atomic mass is 16.7. The van der Waals surface area contributed by atoms with E-state index >= 15 is 0 Å². The molecule has 0 aromatic heterocycles. The Balaban J connectivity index is 2.20. The molecule has 0 aliphatic carbocycles. The highest BCUT2D eigenvalue weighted by molar-refractivity contribution is 5.77. The lowest BCUT2D eigenvalue weighted by atomic mass is 10.4. The lowest BCUT2D eigenvalue weighted by Crippen LogP contribution is -2.35. The number of urea groups is 1. The van der Waals surface area contributed by atoms with Crippen LogP contribution in [-0.2, 0) is 9.47 Å². The van der Waals surface area contributed by atoms with Crippen LogP contribution in [0.25, 0.3) is 0 Å². The largest absolute Gasteiger partial charge is 0.327 e. The molecule has 0 saturated carbocycles. The summed E-state index contributed by atoms with van der Waals surface area (Å²) in [6.45, 7) is 5.50. The van der Waals surface area contributed by atoms with Gasteiger partial charge in [-0.25, -0.2) is 4.79 Å². The molecule has 0 aromatic carbocycles. The van der Waals surface area contributed by atoms with Crippen molar-refractivity contribution in [3.8, 4) is 0 Å². The minimum atomic E-state index is -0.197. The van der Waals surface area contributed by atoms with Gasteiger partial charge in [-0.1, -0.05) is 0 Å². The number of carbonyl (C=O) groups is 1. The summed E-state index contributed by atoms with van der Waals surface area (Å²) in [4.78, 5) is 15.1. The Morgan fingerprint density at radius 3 is 2.08 bits per heavy atom. The fourth-order valence-corrected chi connectivity index (χ4v) is 1.84. The summed E-state index contributed by atoms with van der Waals surface area (Å²) in [6.07, 6.45) is -0.394. The van der Waals surface area contributed by atoms with Crippen molar-refractivity contribution in [1.82, 2.24) is 9.80 Å². The monoisotopic (exact) mass is 186 g/mol. The maximum Gasteiger partial charge on any atom is 0.324 e. The van der Waals surface area contributed by atoms with E-state index in [1.807, 2.05) is 13.8 Å². The number of hydrogen-bond donors (Lipinski definition) is 0. The third kappa shape index (κ3) is 1.11. The molecule has 0 radical (unpaired) electrons. The van der Waals surface area contributed by atoms with Gasteiger partial charge < -0.3 is 9.47 Å². The van der Waals surface area contributed by atoms with Crippen molar-refractivity contribution in [2.24, 2.45) is 0 Å². The second kappa shape index (κ2) is 3.16. The molecule has 2 fully saturated rings. The molecular formula is C8H14N2O3. The normalized spacial score (nSPS) is 32.9. The summed E-state index contributed by atoms with van der Waals surface area (Å²) in [5, 5.41) is 0. The van der Waals surface area contributed by atoms with E-state index in [-0.39, 0.29) is 25.3 Å². The average molecular weight is 186 g/mol. The first-order valence-corrected chi connectivity index (χ1v) is 4.60. The second-order valence-corrected chi connectivity index (χ2v) is 3.09. The fraction of sp³-hybridized carbons (Fsp3) is 0.875. The Morgan fingerprint density at radius 1 is 1.23 bits per heavy atom. The molecule has 0 aromatic rings. The number of fused-ring (bicyclic) bond motifs is 1. The van der Waals surface area contributed by atoms with E-state index in [0.717, 1.165) is 0 Å². The minimum absolute atomic E-state index is 0.0136. The highest BCUT2D eigenvalue weighted by Crippen LogP contribution is 2.28. The predicted molar refractivity (Wildman–Crippen MR) is 44.8 cm³/mol. The van der Waals surface area contributed by atoms with Crippen LogP contribution in [0.2, 0.25) is 0 Å². The van der Waals surface area contributed by atoms with Crippen LogP contribution in [0.3, 0.4) is 0 Å². The van der Waals surface area contributed by atoms with Crippen molar-refractivity contribution in [1.29, 1.82) is 0 Å². The smallest absolute Gasteiger partial charge is 0.324 e. The van der Waals surface area contributed by atoms with Crippen molar-refractivity contribution >= 4 is 6.03 Å². The molecule has 5 nitrogen and oxygen atoms in total. The van der Waals surface area contributed by atoms with Crippen LogP contribution >= 0.6 is 0 Å². The third-order valence-corrected chi connectivity index (χ3v) is 2.51. The topological polar surface area (TPSA) is 42.0 Å². The number of nitrogens with zero attached hydrogens (tertiary/aromatic N) is 2. The Labute approximate surface area is 77.2 Å². The molecule has 2 amide bonds. The van der Waals surface area contributed by atoms with Crippen LogP contribution < -0.4 is 0 Å². The number of hydrogen-bond acceptors (Lipinski definition) is 3. The molecule has 0 N–H and O–H groups in total. The Morgan fingerprint density at radius 2 is 1.69 bits per heavy atom. The maximum atomic E-state index is 11.7. The van der Waals surface area contributed by atoms with Crippen LogP contribution in [0.5, 0.6) is 0 Å². The van der Waals surface area contributed by atoms with Crippen molar-refractivity contribution < 1.29 is 14.3 Å². The molecular weight excluding hydrogens is 172 g/mol. The van der Waals surface area contributed by atoms with Gasteiger partial charge in [0.2, 0.25) is 0 Å². The first-order chi connectivity index (χ1) is 6.29. The SMILES string of the molecule is CCN1C(=O)N(CC)C2OCOC21. The van der Waals surface area contributed by atoms with Crippen molar-refractivity contribution in [3.63, 3.8) is 0 Å². The average Bonchev–Trinajstić information content (AvgIpc) is 2.64. The number of amides is 2. The zero-order valence-electron chi connectivity index (χ0n) is 7.90. The molecule has 2 aliphatic heterocycles. The van der Waals surface area contributed by atoms with E-state index in [4.69, 9.17) is 9.47 Å². The first-order valence-electron chi connectivity index (χ1n) is 4.60. The molecule has 2 atom stereocenters. The third-order valence-electron chi connectivity index (χ3n) is 2.51. The molecule has 2 unspecified atom stereocenters. The second-order valence-electron chi connectivity index (χ2n) is 3.09. The molecule has 13 heavy (non-hydrogen) atoms. The van der Waals surface area contributed by atoms with E-state index in [0.29, 0.717) is 13.1 Å². The Kier molecular flexibility index (Phi) is 2.13. The summed E-state index contributed by atoms with van der Waals surface area (Å²) < 4.78 is 10.6. The van der Waals surface area contributed by atoms with E-state index < -0.39 is 0 Å². The van der Waals surface area contributed by atoms with Crippen LogP contribution in [0.4, 0.5) is 4.79 Å². The van der Waals surface area contributed by atoms with Gasteiger partial charge in [-0.05, 0) is 13.8 Å². The molecule has 74 valence electrons. The molecule has 2 saturated heterocycles. The summed E-state index contributed by atoms with van der Waals surface area (Å²) in [6, 6.07) is 0.0136. The van der Waals surface area contributed by atoms with Crippen molar-refractivity contribution in [2.45, 2.75) is 26.3 Å². The van der Waals surface area contributed by atoms with Gasteiger partial charge in [0.05, 0.1) is 0 Å². The van der Waals surface area contributed by atoms with Crippen LogP contribution in [0.1, 0.15) is 13.8 Å². The number of ether oxygens (including phenoxy) is 2. The molecule has 0 bridgehead atoms. The first kappa shape index (κ1) is 8.77. The maximum absolute atomic E-state index is 11.7. The summed E-state index contributed by atoms with van der Waals surface area (Å²) >= 11 is 0. The lowest BCUT2D eigenvalue weighted by Gasteiger charge is -2.18. The predicted octanol–water partition coefficient (Wildman–Crippen LogP) is 0.420. The zero-order chi connectivity index (χ0) is 9.42. The van der Waals surface area contributed by atoms with Crippen molar-refractivity contribution in [3.05, 3.63) is 0 Å². The number of carbonyl (C=O) groups excluding carboxylic acids is 1. The van der Waals surface area contributed by atoms with Gasteiger partial charge in [0.25, 0.3) is 0 Å². The van der Waals surface area contributed by atoms with E-state index in [1.54, 1.807) is 9.80 Å². The van der Waals surface area contributed by atoms with Crippen LogP contribution in [-0.4, -0.2) is 48.2 Å². The van der Waals surface area contributed by atoms with Gasteiger partial charge in [0.1, 0.15) is 0 Å². The summed E-state index contributed by atoms with van der Waals surface area (Å²) in [7, 11) is 0. The molecule has 0 spiro atoms. The summed E-state index contributed by atoms with van der Waals surface area (Å²) in [5.41, 5.74) is 0. The van der Waals surface area contributed by atoms with Gasteiger partial charge >= 0.3 is 6.03 Å². The molecule has 2 rings (SSSR count).